The topological polar surface area (TPSA) is 41.6 Å². The highest BCUT2D eigenvalue weighted by Gasteiger charge is 2.53. The van der Waals surface area contributed by atoms with Crippen molar-refractivity contribution in [3.63, 3.8) is 0 Å². The summed E-state index contributed by atoms with van der Waals surface area (Å²) < 4.78 is 6.23. The molecule has 1 saturated heterocycles. The van der Waals surface area contributed by atoms with E-state index in [1.54, 1.807) is 18.4 Å². The molecular formula is C30H35ClN2O2S3. The Labute approximate surface area is 244 Å². The Balaban J connectivity index is 1.26. The molecule has 1 N–H and O–H groups in total. The summed E-state index contributed by atoms with van der Waals surface area (Å²) in [7, 11) is 1.70. The number of unbranched alkanes of at least 4 members (excludes halogenated alkanes) is 2. The Hall–Kier alpha value is -1.38. The second-order valence-electron chi connectivity index (χ2n) is 11.4. The molecule has 0 unspecified atom stereocenters. The zero-order valence-electron chi connectivity index (χ0n) is 21.8. The second kappa shape index (κ2) is 11.6. The van der Waals surface area contributed by atoms with E-state index in [1.165, 1.54) is 59.2 Å². The molecule has 4 bridgehead atoms. The van der Waals surface area contributed by atoms with Gasteiger partial charge >= 0.3 is 0 Å². The predicted molar refractivity (Wildman–Crippen MR) is 164 cm³/mol. The van der Waals surface area contributed by atoms with Crippen LogP contribution in [-0.2, 0) is 11.2 Å². The standard InChI is InChI=1S/C30H35ClN2O2S3/c1-35-24-8-5-7-20(15-24)25-16-21(6-3-2-4-9-32-31)26(37-25)17-27-29(34)33(30(36)38-27)28-22-11-18-10-19(13-22)14-23(28)12-18/h5,7-8,15-19,22-23,28,32H,2-4,6,9-14H2,1H3/b27-17-. The molecule has 0 radical (unpaired) electrons. The molecular weight excluding hydrogens is 552 g/mol. The summed E-state index contributed by atoms with van der Waals surface area (Å²) in [6.45, 7) is 0.820. The molecule has 4 aliphatic carbocycles. The van der Waals surface area contributed by atoms with Gasteiger partial charge in [0.2, 0.25) is 0 Å². The summed E-state index contributed by atoms with van der Waals surface area (Å²) in [5.41, 5.74) is 2.44. The monoisotopic (exact) mass is 586 g/mol. The van der Waals surface area contributed by atoms with Crippen LogP contribution < -0.4 is 9.57 Å². The fourth-order valence-electron chi connectivity index (χ4n) is 7.54. The van der Waals surface area contributed by atoms with Gasteiger partial charge in [-0.1, -0.05) is 42.5 Å². The molecule has 5 aliphatic rings. The number of halogens is 1. The maximum atomic E-state index is 13.9. The van der Waals surface area contributed by atoms with Crippen LogP contribution in [-0.4, -0.2) is 34.8 Å². The highest BCUT2D eigenvalue weighted by atomic mass is 35.5. The van der Waals surface area contributed by atoms with Crippen LogP contribution in [0.5, 0.6) is 5.75 Å². The lowest BCUT2D eigenvalue weighted by molar-refractivity contribution is -0.130. The van der Waals surface area contributed by atoms with Crippen molar-refractivity contribution >= 4 is 63.4 Å². The van der Waals surface area contributed by atoms with Gasteiger partial charge in [0.25, 0.3) is 5.91 Å². The molecule has 0 spiro atoms. The summed E-state index contributed by atoms with van der Waals surface area (Å²) in [4.78, 5) is 21.8. The van der Waals surface area contributed by atoms with Crippen molar-refractivity contribution in [2.45, 2.75) is 63.8 Å². The number of hydrogen-bond acceptors (Lipinski definition) is 6. The molecule has 1 aliphatic heterocycles. The Morgan fingerprint density at radius 3 is 2.58 bits per heavy atom. The van der Waals surface area contributed by atoms with Gasteiger partial charge in [0.1, 0.15) is 10.1 Å². The van der Waals surface area contributed by atoms with Crippen molar-refractivity contribution in [3.05, 3.63) is 45.7 Å². The highest BCUT2D eigenvalue weighted by molar-refractivity contribution is 8.26. The Kier molecular flexibility index (Phi) is 8.20. The van der Waals surface area contributed by atoms with Crippen molar-refractivity contribution in [3.8, 4) is 16.2 Å². The number of thiophene rings is 1. The molecule has 5 fully saturated rings. The van der Waals surface area contributed by atoms with Crippen LogP contribution in [0.3, 0.4) is 0 Å². The van der Waals surface area contributed by atoms with Crippen LogP contribution in [0.4, 0.5) is 0 Å². The molecule has 4 nitrogen and oxygen atoms in total. The number of thiocarbonyl (C=S) groups is 1. The fraction of sp³-hybridized carbons (Fsp3) is 0.533. The third-order valence-electron chi connectivity index (χ3n) is 8.97. The molecule has 1 aromatic heterocycles. The minimum absolute atomic E-state index is 0.132. The fourth-order valence-corrected chi connectivity index (χ4v) is 10.2. The Morgan fingerprint density at radius 1 is 1.11 bits per heavy atom. The van der Waals surface area contributed by atoms with Gasteiger partial charge in [-0.15, -0.1) is 11.3 Å². The van der Waals surface area contributed by atoms with E-state index in [1.807, 2.05) is 17.0 Å². The van der Waals surface area contributed by atoms with Gasteiger partial charge in [0, 0.05) is 22.3 Å². The maximum Gasteiger partial charge on any atom is 0.266 e. The number of rotatable bonds is 10. The van der Waals surface area contributed by atoms with Crippen LogP contribution in [0.15, 0.2) is 35.2 Å². The van der Waals surface area contributed by atoms with Gasteiger partial charge in [-0.05, 0) is 122 Å². The van der Waals surface area contributed by atoms with E-state index in [0.717, 1.165) is 64.6 Å². The van der Waals surface area contributed by atoms with Crippen LogP contribution in [0, 0.1) is 23.7 Å². The third-order valence-corrected chi connectivity index (χ3v) is 11.7. The smallest absolute Gasteiger partial charge is 0.266 e. The van der Waals surface area contributed by atoms with E-state index in [4.69, 9.17) is 28.7 Å². The van der Waals surface area contributed by atoms with Gasteiger partial charge in [0.05, 0.1) is 12.0 Å². The third kappa shape index (κ3) is 5.34. The molecule has 1 aromatic carbocycles. The molecule has 0 atom stereocenters. The van der Waals surface area contributed by atoms with Crippen LogP contribution in [0.2, 0.25) is 0 Å². The van der Waals surface area contributed by atoms with Gasteiger partial charge < -0.3 is 4.74 Å². The Bertz CT molecular complexity index is 1210. The molecule has 8 heteroatoms. The summed E-state index contributed by atoms with van der Waals surface area (Å²) in [5.74, 6) is 4.01. The lowest BCUT2D eigenvalue weighted by Gasteiger charge is -2.56. The van der Waals surface area contributed by atoms with Crippen LogP contribution >= 0.6 is 47.1 Å². The maximum absolute atomic E-state index is 13.9. The first-order valence-corrected chi connectivity index (χ1v) is 16.3. The minimum Gasteiger partial charge on any atom is -0.497 e. The number of carbonyl (C=O) groups is 1. The number of methoxy groups -OCH3 is 1. The van der Waals surface area contributed by atoms with Crippen LogP contribution in [0.25, 0.3) is 16.5 Å². The number of nitrogens with zero attached hydrogens (tertiary/aromatic N) is 1. The first-order chi connectivity index (χ1) is 18.5. The van der Waals surface area contributed by atoms with Crippen molar-refractivity contribution in [1.29, 1.82) is 0 Å². The molecule has 7 rings (SSSR count). The van der Waals surface area contributed by atoms with Crippen molar-refractivity contribution < 1.29 is 9.53 Å². The predicted octanol–water partition coefficient (Wildman–Crippen LogP) is 7.91. The molecule has 2 aromatic rings. The SMILES string of the molecule is COc1cccc(-c2cc(CCCCCNCl)c(/C=C3\SC(=S)N(C4C5CC6CC(C5)CC4C6)C3=O)s2)c1. The summed E-state index contributed by atoms with van der Waals surface area (Å²) in [6, 6.07) is 10.8. The quantitative estimate of drug-likeness (QED) is 0.133. The number of nitrogens with one attached hydrogen (secondary N) is 1. The first kappa shape index (κ1) is 26.8. The second-order valence-corrected chi connectivity index (χ2v) is 14.4. The number of amides is 1. The molecule has 4 saturated carbocycles. The minimum atomic E-state index is 0.132. The number of carbonyl (C=O) groups excluding carboxylic acids is 1. The van der Waals surface area contributed by atoms with Gasteiger partial charge in [-0.3, -0.25) is 9.69 Å². The van der Waals surface area contributed by atoms with Crippen molar-refractivity contribution in [1.82, 2.24) is 9.74 Å². The summed E-state index contributed by atoms with van der Waals surface area (Å²) >= 11 is 14.8. The average molecular weight is 587 g/mol. The zero-order chi connectivity index (χ0) is 26.2. The summed E-state index contributed by atoms with van der Waals surface area (Å²) in [6.07, 6.45) is 12.9. The largest absolute Gasteiger partial charge is 0.497 e. The zero-order valence-corrected chi connectivity index (χ0v) is 25.0. The normalized spacial score (nSPS) is 29.2. The van der Waals surface area contributed by atoms with E-state index in [9.17, 15) is 4.79 Å². The number of hydrogen-bond donors (Lipinski definition) is 1. The van der Waals surface area contributed by atoms with E-state index in [0.29, 0.717) is 17.9 Å². The molecule has 2 heterocycles. The lowest BCUT2D eigenvalue weighted by Crippen LogP contribution is -2.57. The number of ether oxygens (including phenoxy) is 1. The Morgan fingerprint density at radius 2 is 1.87 bits per heavy atom. The summed E-state index contributed by atoms with van der Waals surface area (Å²) in [5, 5.41) is 0. The molecule has 1 amide bonds. The van der Waals surface area contributed by atoms with Gasteiger partial charge in [0.15, 0.2) is 0 Å². The number of aryl methyl sites for hydroxylation is 1. The van der Waals surface area contributed by atoms with E-state index >= 15 is 0 Å². The lowest BCUT2D eigenvalue weighted by atomic mass is 9.54. The van der Waals surface area contributed by atoms with Crippen molar-refractivity contribution in [2.24, 2.45) is 23.7 Å². The van der Waals surface area contributed by atoms with Crippen LogP contribution in [0.1, 0.15) is 61.8 Å². The van der Waals surface area contributed by atoms with E-state index < -0.39 is 0 Å². The van der Waals surface area contributed by atoms with Crippen molar-refractivity contribution in [2.75, 3.05) is 13.7 Å². The number of thioether (sulfide) groups is 1. The van der Waals surface area contributed by atoms with Gasteiger partial charge in [-0.25, -0.2) is 4.84 Å². The first-order valence-electron chi connectivity index (χ1n) is 13.9. The highest BCUT2D eigenvalue weighted by Crippen LogP contribution is 2.56. The van der Waals surface area contributed by atoms with Gasteiger partial charge in [-0.2, -0.15) is 0 Å². The molecule has 38 heavy (non-hydrogen) atoms. The average Bonchev–Trinajstić information content (AvgIpc) is 3.43. The number of benzene rings is 1. The molecule has 202 valence electrons. The van der Waals surface area contributed by atoms with E-state index in [-0.39, 0.29) is 5.91 Å². The van der Waals surface area contributed by atoms with E-state index in [2.05, 4.69) is 29.1 Å².